The summed E-state index contributed by atoms with van der Waals surface area (Å²) < 4.78 is 145. The van der Waals surface area contributed by atoms with Gasteiger partial charge in [0.25, 0.3) is 0 Å². The van der Waals surface area contributed by atoms with Crippen molar-refractivity contribution in [2.24, 2.45) is 5.41 Å². The molecule has 0 aliphatic heterocycles. The third-order valence-corrected chi connectivity index (χ3v) is 3.12. The molecule has 0 rings (SSSR count). The van der Waals surface area contributed by atoms with Crippen LogP contribution in [0.2, 0.25) is 0 Å². The highest BCUT2D eigenvalue weighted by atomic mass is 19.4. The van der Waals surface area contributed by atoms with Crippen molar-refractivity contribution in [2.45, 2.75) is 64.0 Å². The smallest absolute Gasteiger partial charge is 0.458 e. The average Bonchev–Trinajstić information content (AvgIpc) is 2.33. The van der Waals surface area contributed by atoms with Crippen LogP contribution in [0.1, 0.15) is 27.7 Å². The maximum absolute atomic E-state index is 13.9. The molecule has 0 aromatic heterocycles. The van der Waals surface area contributed by atoms with E-state index in [1.165, 1.54) is 20.8 Å². The zero-order valence-corrected chi connectivity index (χ0v) is 13.5. The van der Waals surface area contributed by atoms with Gasteiger partial charge in [-0.25, -0.2) is 4.79 Å². The van der Waals surface area contributed by atoms with Crippen LogP contribution in [0.3, 0.4) is 0 Å². The lowest BCUT2D eigenvalue weighted by Gasteiger charge is -2.35. The molecule has 0 aromatic rings. The second-order valence-corrected chi connectivity index (χ2v) is 6.20. The third kappa shape index (κ3) is 4.68. The molecule has 26 heavy (non-hydrogen) atoms. The van der Waals surface area contributed by atoms with Crippen LogP contribution < -0.4 is 0 Å². The van der Waals surface area contributed by atoms with Crippen molar-refractivity contribution in [1.82, 2.24) is 0 Å². The number of carbonyl (C=O) groups is 1. The summed E-state index contributed by atoms with van der Waals surface area (Å²) in [5, 5.41) is 0. The van der Waals surface area contributed by atoms with Crippen molar-refractivity contribution < 1.29 is 62.6 Å². The molecule has 0 radical (unpaired) electrons. The molecule has 3 nitrogen and oxygen atoms in total. The summed E-state index contributed by atoms with van der Waals surface area (Å²) >= 11 is 0. The highest BCUT2D eigenvalue weighted by Crippen LogP contribution is 2.51. The van der Waals surface area contributed by atoms with Gasteiger partial charge in [-0.2, -0.15) is 48.3 Å². The van der Waals surface area contributed by atoms with Gasteiger partial charge in [0.15, 0.2) is 0 Å². The van der Waals surface area contributed by atoms with E-state index in [4.69, 9.17) is 0 Å². The first kappa shape index (κ1) is 24.7. The molecule has 0 saturated carbocycles. The topological polar surface area (TPSA) is 35.5 Å². The van der Waals surface area contributed by atoms with Crippen molar-refractivity contribution in [3.05, 3.63) is 0 Å². The monoisotopic (exact) mass is 414 g/mol. The number of hydrogen-bond donors (Lipinski definition) is 0. The maximum atomic E-state index is 13.9. The van der Waals surface area contributed by atoms with Gasteiger partial charge in [0.2, 0.25) is 0 Å². The van der Waals surface area contributed by atoms with Crippen LogP contribution >= 0.6 is 0 Å². The van der Waals surface area contributed by atoms with Crippen LogP contribution in [0, 0.1) is 5.41 Å². The quantitative estimate of drug-likeness (QED) is 0.469. The Morgan fingerprint density at radius 3 is 1.42 bits per heavy atom. The third-order valence-electron chi connectivity index (χ3n) is 3.12. The molecule has 0 aliphatic carbocycles. The second kappa shape index (κ2) is 6.68. The van der Waals surface area contributed by atoms with E-state index in [1.807, 2.05) is 0 Å². The molecule has 0 aliphatic rings. The molecule has 156 valence electrons. The van der Waals surface area contributed by atoms with Crippen LogP contribution in [-0.2, 0) is 14.3 Å². The van der Waals surface area contributed by atoms with Gasteiger partial charge in [0.05, 0.1) is 0 Å². The molecule has 0 unspecified atom stereocenters. The normalized spacial score (nSPS) is 18.3. The van der Waals surface area contributed by atoms with Crippen LogP contribution in [0.4, 0.5) is 48.3 Å². The van der Waals surface area contributed by atoms with Gasteiger partial charge < -0.3 is 4.74 Å². The fourth-order valence-electron chi connectivity index (χ4n) is 1.03. The molecule has 0 N–H and O–H groups in total. The van der Waals surface area contributed by atoms with E-state index in [0.717, 1.165) is 6.92 Å². The summed E-state index contributed by atoms with van der Waals surface area (Å²) in [5.74, 6) is -16.8. The summed E-state index contributed by atoms with van der Waals surface area (Å²) in [6.45, 7) is 4.67. The molecule has 0 spiro atoms. The number of carbonyl (C=O) groups excluding carboxylic acids is 1. The first-order chi connectivity index (χ1) is 11.0. The molecule has 2 atom stereocenters. The lowest BCUT2D eigenvalue weighted by atomic mass is 9.90. The molecular weight excluding hydrogens is 401 g/mol. The van der Waals surface area contributed by atoms with Crippen molar-refractivity contribution in [2.75, 3.05) is 0 Å². The Hall–Kier alpha value is -1.34. The minimum absolute atomic E-state index is 0.900. The lowest BCUT2D eigenvalue weighted by Crippen LogP contribution is -2.62. The number of hydrogen-bond acceptors (Lipinski definition) is 3. The highest BCUT2D eigenvalue weighted by Gasteiger charge is 2.80. The standard InChI is InChI=1S/C12H13F11O3/c1-5(7(2,3)4)25-6(24)8(13,10(16,17)18)26-12(22,23)9(14,15)11(19,20)21/h5H,1-4H3/t5-,8-/m1/s1. The van der Waals surface area contributed by atoms with Crippen molar-refractivity contribution in [1.29, 1.82) is 0 Å². The van der Waals surface area contributed by atoms with E-state index >= 15 is 0 Å². The number of rotatable bonds is 5. The van der Waals surface area contributed by atoms with Gasteiger partial charge in [-0.3, -0.25) is 4.74 Å². The summed E-state index contributed by atoms with van der Waals surface area (Å²) in [5.41, 5.74) is -1.17. The number of ether oxygens (including phenoxy) is 2. The van der Waals surface area contributed by atoms with E-state index in [1.54, 1.807) is 0 Å². The van der Waals surface area contributed by atoms with Crippen LogP contribution in [0.5, 0.6) is 0 Å². The first-order valence-electron chi connectivity index (χ1n) is 6.50. The van der Waals surface area contributed by atoms with Crippen LogP contribution in [0.25, 0.3) is 0 Å². The Morgan fingerprint density at radius 2 is 1.15 bits per heavy atom. The highest BCUT2D eigenvalue weighted by molar-refractivity contribution is 5.79. The van der Waals surface area contributed by atoms with Crippen LogP contribution in [0.15, 0.2) is 0 Å². The Balaban J connectivity index is 5.96. The van der Waals surface area contributed by atoms with E-state index in [-0.39, 0.29) is 0 Å². The zero-order chi connectivity index (χ0) is 21.6. The fourth-order valence-corrected chi connectivity index (χ4v) is 1.03. The van der Waals surface area contributed by atoms with Gasteiger partial charge in [-0.15, -0.1) is 0 Å². The molecule has 0 saturated heterocycles. The largest absolute Gasteiger partial charge is 0.462 e. The molecule has 14 heteroatoms. The van der Waals surface area contributed by atoms with Gasteiger partial charge >= 0.3 is 36.2 Å². The molecule has 0 heterocycles. The molecule has 0 fully saturated rings. The molecule has 0 aromatic carbocycles. The van der Waals surface area contributed by atoms with Crippen molar-refractivity contribution >= 4 is 5.97 Å². The Morgan fingerprint density at radius 1 is 0.769 bits per heavy atom. The van der Waals surface area contributed by atoms with E-state index in [2.05, 4.69) is 9.47 Å². The maximum Gasteiger partial charge on any atom is 0.462 e. The van der Waals surface area contributed by atoms with Gasteiger partial charge in [0.1, 0.15) is 6.10 Å². The van der Waals surface area contributed by atoms with Gasteiger partial charge in [0, 0.05) is 0 Å². The average molecular weight is 414 g/mol. The van der Waals surface area contributed by atoms with Crippen molar-refractivity contribution in [3.63, 3.8) is 0 Å². The molecule has 0 bridgehead atoms. The summed E-state index contributed by atoms with van der Waals surface area (Å²) in [4.78, 5) is 11.3. The Labute approximate surface area is 139 Å². The Bertz CT molecular complexity index is 518. The fraction of sp³-hybridized carbons (Fsp3) is 0.917. The van der Waals surface area contributed by atoms with Crippen LogP contribution in [-0.4, -0.2) is 42.3 Å². The predicted octanol–water partition coefficient (Wildman–Crippen LogP) is 5.00. The zero-order valence-electron chi connectivity index (χ0n) is 13.5. The van der Waals surface area contributed by atoms with E-state index < -0.39 is 47.7 Å². The molecular formula is C12H13F11O3. The summed E-state index contributed by atoms with van der Waals surface area (Å²) in [6, 6.07) is 0. The predicted molar refractivity (Wildman–Crippen MR) is 61.9 cm³/mol. The van der Waals surface area contributed by atoms with E-state index in [9.17, 15) is 53.1 Å². The van der Waals surface area contributed by atoms with Crippen molar-refractivity contribution in [3.8, 4) is 0 Å². The summed E-state index contributed by atoms with van der Waals surface area (Å²) in [6.07, 6.45) is -22.5. The lowest BCUT2D eigenvalue weighted by molar-refractivity contribution is -0.475. The molecule has 0 amide bonds. The number of halogens is 11. The SMILES string of the molecule is C[C@@H](OC(=O)[C@@](F)(OC(F)(F)C(F)(F)C(F)(F)F)C(F)(F)F)C(C)(C)C. The minimum atomic E-state index is -7.24. The second-order valence-electron chi connectivity index (χ2n) is 6.20. The minimum Gasteiger partial charge on any atom is -0.458 e. The number of esters is 1. The first-order valence-corrected chi connectivity index (χ1v) is 6.50. The van der Waals surface area contributed by atoms with Gasteiger partial charge in [-0.1, -0.05) is 20.8 Å². The van der Waals surface area contributed by atoms with Gasteiger partial charge in [-0.05, 0) is 12.3 Å². The summed E-state index contributed by atoms with van der Waals surface area (Å²) in [7, 11) is 0. The number of alkyl halides is 11. The Kier molecular flexibility index (Phi) is 6.33. The van der Waals surface area contributed by atoms with E-state index in [0.29, 0.717) is 0 Å².